The molecule has 0 saturated heterocycles. The van der Waals surface area contributed by atoms with E-state index in [1.165, 1.54) is 0 Å². The first-order valence-electron chi connectivity index (χ1n) is 7.53. The Morgan fingerprint density at radius 3 is 2.46 bits per heavy atom. The number of hydrogen-bond acceptors (Lipinski definition) is 2. The molecule has 0 aliphatic carbocycles. The minimum absolute atomic E-state index is 0.0742. The Hall–Kier alpha value is -3.41. The van der Waals surface area contributed by atoms with Crippen LogP contribution in [-0.2, 0) is 0 Å². The molecule has 1 aromatic heterocycles. The van der Waals surface area contributed by atoms with Gasteiger partial charge in [0.2, 0.25) is 17.8 Å². The molecule has 3 aromatic rings. The summed E-state index contributed by atoms with van der Waals surface area (Å²) in [6.07, 6.45) is 3.60. The summed E-state index contributed by atoms with van der Waals surface area (Å²) in [4.78, 5) is 0. The summed E-state index contributed by atoms with van der Waals surface area (Å²) in [6, 6.07) is 18.2. The number of nitrogens with one attached hydrogen (secondary N) is 1. The van der Waals surface area contributed by atoms with Crippen molar-refractivity contribution in [1.29, 1.82) is 0 Å². The van der Waals surface area contributed by atoms with E-state index in [0.29, 0.717) is 0 Å². The van der Waals surface area contributed by atoms with Crippen LogP contribution in [-0.4, -0.2) is 17.3 Å². The highest BCUT2D eigenvalue weighted by molar-refractivity contribution is 5.88. The molecule has 120 valence electrons. The minimum atomic E-state index is -0.0742. The van der Waals surface area contributed by atoms with Crippen LogP contribution in [0.5, 0.6) is 0 Å². The van der Waals surface area contributed by atoms with Gasteiger partial charge in [-0.2, -0.15) is 10.2 Å². The van der Waals surface area contributed by atoms with Gasteiger partial charge in [-0.15, -0.1) is 5.10 Å². The Labute approximate surface area is 140 Å². The topological polar surface area (TPSA) is 96.4 Å². The molecule has 6 nitrogen and oxygen atoms in total. The van der Waals surface area contributed by atoms with E-state index in [1.807, 2.05) is 53.3 Å². The van der Waals surface area contributed by atoms with Crippen LogP contribution in [0.15, 0.2) is 71.0 Å². The molecule has 0 unspecified atom stereocenters. The summed E-state index contributed by atoms with van der Waals surface area (Å²) in [5, 5.41) is 11.0. The van der Waals surface area contributed by atoms with Gasteiger partial charge in [-0.3, -0.25) is 0 Å². The average Bonchev–Trinajstić information content (AvgIpc) is 3.00. The first-order valence-corrected chi connectivity index (χ1v) is 7.53. The molecule has 0 saturated carbocycles. The second-order valence-electron chi connectivity index (χ2n) is 5.36. The molecule has 24 heavy (non-hydrogen) atoms. The standard InChI is InChI=1S/C18H18N6/c1-13-7-5-6-10-16(13)24-12-15(11-21-22-18(19)20)17(23-24)14-8-3-2-4-9-14/h2-12H,1H3,(H4,19,20,22)/p+1/b21-11+. The van der Waals surface area contributed by atoms with Crippen LogP contribution in [0.2, 0.25) is 0 Å². The number of H-pyrrole nitrogens is 1. The van der Waals surface area contributed by atoms with Crippen molar-refractivity contribution in [2.45, 2.75) is 6.92 Å². The van der Waals surface area contributed by atoms with E-state index >= 15 is 0 Å². The molecule has 0 fully saturated rings. The molecule has 0 amide bonds. The molecule has 0 bridgehead atoms. The van der Waals surface area contributed by atoms with Crippen molar-refractivity contribution in [3.05, 3.63) is 71.9 Å². The third kappa shape index (κ3) is 3.33. The maximum absolute atomic E-state index is 5.32. The maximum atomic E-state index is 5.32. The molecule has 5 N–H and O–H groups in total. The molecule has 3 rings (SSSR count). The van der Waals surface area contributed by atoms with Gasteiger partial charge in [0.25, 0.3) is 0 Å². The van der Waals surface area contributed by atoms with Crippen LogP contribution in [0.1, 0.15) is 11.1 Å². The van der Waals surface area contributed by atoms with Gasteiger partial charge in [0.05, 0.1) is 11.8 Å². The van der Waals surface area contributed by atoms with Crippen LogP contribution in [0, 0.1) is 6.92 Å². The summed E-state index contributed by atoms with van der Waals surface area (Å²) >= 11 is 0. The molecule has 0 atom stereocenters. The lowest BCUT2D eigenvalue weighted by molar-refractivity contribution is -0.655. The number of aryl methyl sites for hydroxylation is 1. The summed E-state index contributed by atoms with van der Waals surface area (Å²) in [5.41, 5.74) is 15.7. The molecule has 0 aliphatic rings. The van der Waals surface area contributed by atoms with Gasteiger partial charge in [-0.05, 0) is 6.92 Å². The van der Waals surface area contributed by atoms with Crippen molar-refractivity contribution in [1.82, 2.24) is 5.10 Å². The lowest BCUT2D eigenvalue weighted by Crippen LogP contribution is -2.32. The lowest BCUT2D eigenvalue weighted by Gasteiger charge is -1.97. The Kier molecular flexibility index (Phi) is 4.38. The molecule has 6 heteroatoms. The molecule has 0 aliphatic heterocycles. The van der Waals surface area contributed by atoms with Gasteiger partial charge in [-0.1, -0.05) is 53.2 Å². The number of aromatic nitrogens is 2. The van der Waals surface area contributed by atoms with Crippen molar-refractivity contribution >= 4 is 12.2 Å². The summed E-state index contributed by atoms with van der Waals surface area (Å²) in [5.74, 6) is -0.0742. The monoisotopic (exact) mass is 319 g/mol. The number of nitrogens with two attached hydrogens (primary N) is 2. The highest BCUT2D eigenvalue weighted by atomic mass is 15.3. The highest BCUT2D eigenvalue weighted by Crippen LogP contribution is 2.20. The maximum Gasteiger partial charge on any atom is 0.238 e. The van der Waals surface area contributed by atoms with E-state index < -0.39 is 0 Å². The quantitative estimate of drug-likeness (QED) is 0.296. The predicted molar refractivity (Wildman–Crippen MR) is 95.9 cm³/mol. The number of guanidine groups is 1. The van der Waals surface area contributed by atoms with E-state index in [0.717, 1.165) is 28.1 Å². The molecule has 2 aromatic carbocycles. The molecular formula is C18H19N6+. The molecular weight excluding hydrogens is 300 g/mol. The van der Waals surface area contributed by atoms with Gasteiger partial charge in [0.1, 0.15) is 5.69 Å². The lowest BCUT2D eigenvalue weighted by atomic mass is 10.1. The van der Waals surface area contributed by atoms with Crippen molar-refractivity contribution in [2.24, 2.45) is 21.7 Å². The predicted octanol–water partition coefficient (Wildman–Crippen LogP) is 1.87. The van der Waals surface area contributed by atoms with Gasteiger partial charge in [0.15, 0.2) is 0 Å². The summed E-state index contributed by atoms with van der Waals surface area (Å²) in [6.45, 7) is 2.07. The fraction of sp³-hybridized carbons (Fsp3) is 0.0556. The van der Waals surface area contributed by atoms with E-state index in [1.54, 1.807) is 6.21 Å². The molecule has 0 spiro atoms. The Bertz CT molecular complexity index is 889. The Morgan fingerprint density at radius 2 is 1.75 bits per heavy atom. The van der Waals surface area contributed by atoms with Crippen LogP contribution < -0.4 is 16.1 Å². The van der Waals surface area contributed by atoms with Crippen LogP contribution in [0.25, 0.3) is 16.9 Å². The van der Waals surface area contributed by atoms with Crippen LogP contribution in [0.3, 0.4) is 0 Å². The highest BCUT2D eigenvalue weighted by Gasteiger charge is 2.18. The van der Waals surface area contributed by atoms with E-state index in [4.69, 9.17) is 11.5 Å². The van der Waals surface area contributed by atoms with Crippen LogP contribution in [0.4, 0.5) is 0 Å². The van der Waals surface area contributed by atoms with E-state index in [-0.39, 0.29) is 5.96 Å². The van der Waals surface area contributed by atoms with Gasteiger partial charge in [-0.25, -0.2) is 0 Å². The van der Waals surface area contributed by atoms with E-state index in [2.05, 4.69) is 34.4 Å². The zero-order valence-corrected chi connectivity index (χ0v) is 13.3. The van der Waals surface area contributed by atoms with Crippen LogP contribution >= 0.6 is 0 Å². The van der Waals surface area contributed by atoms with Gasteiger partial charge >= 0.3 is 0 Å². The second kappa shape index (κ2) is 6.78. The Morgan fingerprint density at radius 1 is 1.04 bits per heavy atom. The number of benzene rings is 2. The third-order valence-electron chi connectivity index (χ3n) is 3.60. The summed E-state index contributed by atoms with van der Waals surface area (Å²) < 4.78 is 1.97. The normalized spacial score (nSPS) is 10.9. The molecule has 1 heterocycles. The minimum Gasteiger partial charge on any atom is -0.369 e. The smallest absolute Gasteiger partial charge is 0.238 e. The largest absolute Gasteiger partial charge is 0.369 e. The van der Waals surface area contributed by atoms with Crippen molar-refractivity contribution < 1.29 is 4.68 Å². The fourth-order valence-electron chi connectivity index (χ4n) is 2.48. The summed E-state index contributed by atoms with van der Waals surface area (Å²) in [7, 11) is 0. The zero-order chi connectivity index (χ0) is 16.9. The number of aromatic amines is 1. The number of nitrogens with zero attached hydrogens (tertiary/aromatic N) is 3. The number of rotatable bonds is 4. The first-order chi connectivity index (χ1) is 11.6. The van der Waals surface area contributed by atoms with E-state index in [9.17, 15) is 0 Å². The van der Waals surface area contributed by atoms with Crippen molar-refractivity contribution in [3.63, 3.8) is 0 Å². The second-order valence-corrected chi connectivity index (χ2v) is 5.36. The average molecular weight is 319 g/mol. The Balaban J connectivity index is 2.11. The van der Waals surface area contributed by atoms with Gasteiger partial charge < -0.3 is 11.5 Å². The van der Waals surface area contributed by atoms with Gasteiger partial charge in [0, 0.05) is 17.2 Å². The first kappa shape index (κ1) is 15.5. The number of hydrogen-bond donors (Lipinski definition) is 3. The number of para-hydroxylation sites is 1. The third-order valence-corrected chi connectivity index (χ3v) is 3.60. The van der Waals surface area contributed by atoms with Crippen molar-refractivity contribution in [2.75, 3.05) is 0 Å². The zero-order valence-electron chi connectivity index (χ0n) is 13.3. The SMILES string of the molecule is Cc1ccccc1-[n+]1cc(/C=N/N=C(N)N)c(-c2ccccc2)[nH]1. The van der Waals surface area contributed by atoms with Crippen molar-refractivity contribution in [3.8, 4) is 16.9 Å². The fourth-order valence-corrected chi connectivity index (χ4v) is 2.48. The molecule has 0 radical (unpaired) electrons.